The van der Waals surface area contributed by atoms with Crippen molar-refractivity contribution in [2.75, 3.05) is 18.4 Å². The van der Waals surface area contributed by atoms with Crippen LogP contribution in [-0.4, -0.2) is 35.1 Å². The lowest BCUT2D eigenvalue weighted by Crippen LogP contribution is -2.33. The van der Waals surface area contributed by atoms with Crippen molar-refractivity contribution in [3.8, 4) is 0 Å². The number of anilines is 1. The average Bonchev–Trinajstić information content (AvgIpc) is 3.01. The van der Waals surface area contributed by atoms with Crippen molar-refractivity contribution in [2.45, 2.75) is 19.3 Å². The van der Waals surface area contributed by atoms with Crippen LogP contribution in [0.5, 0.6) is 0 Å². The minimum atomic E-state index is -1.00. The second-order valence-corrected chi connectivity index (χ2v) is 6.17. The molecule has 2 aliphatic rings. The topological polar surface area (TPSA) is 69.6 Å². The lowest BCUT2D eigenvalue weighted by Gasteiger charge is -2.17. The highest BCUT2D eigenvalue weighted by Gasteiger charge is 2.38. The molecule has 19 heavy (non-hydrogen) atoms. The largest absolute Gasteiger partial charge is 0.478 e. The van der Waals surface area contributed by atoms with Crippen LogP contribution in [0.2, 0.25) is 0 Å². The van der Waals surface area contributed by atoms with E-state index in [0.717, 1.165) is 13.1 Å². The first-order chi connectivity index (χ1) is 9.15. The van der Waals surface area contributed by atoms with Crippen LogP contribution in [0.25, 0.3) is 0 Å². The molecule has 2 heterocycles. The highest BCUT2D eigenvalue weighted by molar-refractivity contribution is 7.14. The SMILES string of the molecule is O=C(O)c1ccsc1NC(=O)N1CC2CCCC2C1. The van der Waals surface area contributed by atoms with E-state index in [-0.39, 0.29) is 11.6 Å². The Kier molecular flexibility index (Phi) is 3.18. The van der Waals surface area contributed by atoms with E-state index in [0.29, 0.717) is 16.8 Å². The zero-order chi connectivity index (χ0) is 13.4. The third kappa shape index (κ3) is 2.32. The van der Waals surface area contributed by atoms with Gasteiger partial charge in [0.15, 0.2) is 0 Å². The fourth-order valence-electron chi connectivity index (χ4n) is 3.15. The van der Waals surface area contributed by atoms with Gasteiger partial charge in [-0.2, -0.15) is 0 Å². The first kappa shape index (κ1) is 12.5. The van der Waals surface area contributed by atoms with Gasteiger partial charge in [-0.05, 0) is 36.1 Å². The summed E-state index contributed by atoms with van der Waals surface area (Å²) in [6, 6.07) is 1.35. The molecular formula is C13H16N2O3S. The minimum absolute atomic E-state index is 0.165. The summed E-state index contributed by atoms with van der Waals surface area (Å²) in [6.45, 7) is 1.62. The molecular weight excluding hydrogens is 264 g/mol. The standard InChI is InChI=1S/C13H16N2O3S/c16-12(17)10-4-5-19-11(10)14-13(18)15-6-8-2-1-3-9(8)7-15/h4-5,8-9H,1-3,6-7H2,(H,14,18)(H,16,17). The molecule has 1 saturated heterocycles. The Morgan fingerprint density at radius 2 is 2.00 bits per heavy atom. The van der Waals surface area contributed by atoms with Crippen LogP contribution in [0.3, 0.4) is 0 Å². The van der Waals surface area contributed by atoms with Gasteiger partial charge in [0, 0.05) is 13.1 Å². The van der Waals surface area contributed by atoms with E-state index >= 15 is 0 Å². The van der Waals surface area contributed by atoms with Crippen molar-refractivity contribution < 1.29 is 14.7 Å². The van der Waals surface area contributed by atoms with Gasteiger partial charge in [0.25, 0.3) is 0 Å². The number of carboxylic acid groups (broad SMARTS) is 1. The normalized spacial score (nSPS) is 25.4. The number of rotatable bonds is 2. The lowest BCUT2D eigenvalue weighted by molar-refractivity contribution is 0.0698. The summed E-state index contributed by atoms with van der Waals surface area (Å²) < 4.78 is 0. The molecule has 2 N–H and O–H groups in total. The molecule has 1 aromatic rings. The number of hydrogen-bond donors (Lipinski definition) is 2. The van der Waals surface area contributed by atoms with Crippen LogP contribution in [0.15, 0.2) is 11.4 Å². The molecule has 0 radical (unpaired) electrons. The van der Waals surface area contributed by atoms with Crippen molar-refractivity contribution >= 4 is 28.3 Å². The van der Waals surface area contributed by atoms with E-state index in [9.17, 15) is 9.59 Å². The van der Waals surface area contributed by atoms with Gasteiger partial charge in [0.2, 0.25) is 0 Å². The van der Waals surface area contributed by atoms with E-state index in [2.05, 4.69) is 5.32 Å². The number of amides is 2. The predicted octanol–water partition coefficient (Wildman–Crippen LogP) is 2.71. The van der Waals surface area contributed by atoms with Crippen LogP contribution in [0.1, 0.15) is 29.6 Å². The third-order valence-corrected chi connectivity index (χ3v) is 4.96. The Bertz CT molecular complexity index is 502. The summed E-state index contributed by atoms with van der Waals surface area (Å²) in [6.07, 6.45) is 3.71. The molecule has 2 fully saturated rings. The molecule has 0 aromatic carbocycles. The summed E-state index contributed by atoms with van der Waals surface area (Å²) in [5.41, 5.74) is 0.165. The maximum absolute atomic E-state index is 12.1. The zero-order valence-corrected chi connectivity index (χ0v) is 11.3. The Labute approximate surface area is 115 Å². The Balaban J connectivity index is 1.65. The molecule has 2 unspecified atom stereocenters. The number of hydrogen-bond acceptors (Lipinski definition) is 3. The number of fused-ring (bicyclic) bond motifs is 1. The smallest absolute Gasteiger partial charge is 0.338 e. The molecule has 1 saturated carbocycles. The van der Waals surface area contributed by atoms with Crippen molar-refractivity contribution in [2.24, 2.45) is 11.8 Å². The van der Waals surface area contributed by atoms with Crippen LogP contribution in [-0.2, 0) is 0 Å². The zero-order valence-electron chi connectivity index (χ0n) is 10.5. The van der Waals surface area contributed by atoms with Crippen LogP contribution < -0.4 is 5.32 Å². The molecule has 3 rings (SSSR count). The molecule has 5 nitrogen and oxygen atoms in total. The third-order valence-electron chi connectivity index (χ3n) is 4.13. The molecule has 2 amide bonds. The first-order valence-corrected chi connectivity index (χ1v) is 7.40. The first-order valence-electron chi connectivity index (χ1n) is 6.52. The molecule has 102 valence electrons. The molecule has 2 atom stereocenters. The van der Waals surface area contributed by atoms with Gasteiger partial charge in [-0.25, -0.2) is 9.59 Å². The molecule has 1 aliphatic carbocycles. The number of thiophene rings is 1. The highest BCUT2D eigenvalue weighted by Crippen LogP contribution is 2.38. The summed E-state index contributed by atoms with van der Waals surface area (Å²) in [7, 11) is 0. The van der Waals surface area contributed by atoms with Crippen molar-refractivity contribution in [3.05, 3.63) is 17.0 Å². The van der Waals surface area contributed by atoms with Gasteiger partial charge >= 0.3 is 12.0 Å². The number of likely N-dealkylation sites (tertiary alicyclic amines) is 1. The summed E-state index contributed by atoms with van der Waals surface area (Å²) in [4.78, 5) is 25.0. The Morgan fingerprint density at radius 3 is 2.63 bits per heavy atom. The second kappa shape index (κ2) is 4.85. The number of nitrogens with one attached hydrogen (secondary N) is 1. The number of urea groups is 1. The van der Waals surface area contributed by atoms with Gasteiger partial charge < -0.3 is 10.0 Å². The maximum Gasteiger partial charge on any atom is 0.338 e. The predicted molar refractivity (Wildman–Crippen MR) is 72.7 cm³/mol. The minimum Gasteiger partial charge on any atom is -0.478 e. The summed E-state index contributed by atoms with van der Waals surface area (Å²) in [5.74, 6) is 0.288. The quantitative estimate of drug-likeness (QED) is 0.875. The fourth-order valence-corrected chi connectivity index (χ4v) is 3.92. The molecule has 0 spiro atoms. The molecule has 1 aliphatic heterocycles. The van der Waals surface area contributed by atoms with E-state index in [1.54, 1.807) is 5.38 Å². The number of nitrogens with zero attached hydrogens (tertiary/aromatic N) is 1. The monoisotopic (exact) mass is 280 g/mol. The van der Waals surface area contributed by atoms with Gasteiger partial charge in [-0.15, -0.1) is 11.3 Å². The molecule has 0 bridgehead atoms. The number of carbonyl (C=O) groups excluding carboxylic acids is 1. The van der Waals surface area contributed by atoms with Gasteiger partial charge in [0.1, 0.15) is 5.00 Å². The number of aromatic carboxylic acids is 1. The highest BCUT2D eigenvalue weighted by atomic mass is 32.1. The summed E-state index contributed by atoms with van der Waals surface area (Å²) in [5, 5.41) is 13.8. The fraction of sp³-hybridized carbons (Fsp3) is 0.538. The van der Waals surface area contributed by atoms with Gasteiger partial charge in [-0.3, -0.25) is 5.32 Å². The van der Waals surface area contributed by atoms with Crippen molar-refractivity contribution in [3.63, 3.8) is 0 Å². The lowest BCUT2D eigenvalue weighted by atomic mass is 10.0. The van der Waals surface area contributed by atoms with Crippen molar-refractivity contribution in [1.29, 1.82) is 0 Å². The molecule has 6 heteroatoms. The number of carbonyl (C=O) groups is 2. The van der Waals surface area contributed by atoms with Crippen LogP contribution >= 0.6 is 11.3 Å². The van der Waals surface area contributed by atoms with Crippen LogP contribution in [0.4, 0.5) is 9.80 Å². The second-order valence-electron chi connectivity index (χ2n) is 5.25. The average molecular weight is 280 g/mol. The van der Waals surface area contributed by atoms with E-state index in [1.807, 2.05) is 4.90 Å². The van der Waals surface area contributed by atoms with E-state index in [1.165, 1.54) is 36.7 Å². The summed E-state index contributed by atoms with van der Waals surface area (Å²) >= 11 is 1.25. The molecule has 1 aromatic heterocycles. The Morgan fingerprint density at radius 1 is 1.32 bits per heavy atom. The number of carboxylic acids is 1. The van der Waals surface area contributed by atoms with Gasteiger partial charge in [-0.1, -0.05) is 6.42 Å². The van der Waals surface area contributed by atoms with Gasteiger partial charge in [0.05, 0.1) is 5.56 Å². The van der Waals surface area contributed by atoms with E-state index in [4.69, 9.17) is 5.11 Å². The van der Waals surface area contributed by atoms with Crippen LogP contribution in [0, 0.1) is 11.8 Å². The van der Waals surface area contributed by atoms with Crippen molar-refractivity contribution in [1.82, 2.24) is 4.90 Å². The Hall–Kier alpha value is -1.56. The van der Waals surface area contributed by atoms with E-state index < -0.39 is 5.97 Å². The maximum atomic E-state index is 12.1.